The van der Waals surface area contributed by atoms with Crippen LogP contribution in [-0.2, 0) is 14.3 Å². The smallest absolute Gasteiger partial charge is 0.407 e. The minimum atomic E-state index is -1.34. The Balaban J connectivity index is 1.67. The number of hydrogen-bond donors (Lipinski definition) is 2. The van der Waals surface area contributed by atoms with E-state index in [0.717, 1.165) is 22.3 Å². The van der Waals surface area contributed by atoms with Crippen LogP contribution in [0.4, 0.5) is 4.79 Å². The second-order valence-corrected chi connectivity index (χ2v) is 6.85. The Bertz CT molecular complexity index is 864. The highest BCUT2D eigenvalue weighted by Crippen LogP contribution is 2.44. The van der Waals surface area contributed by atoms with E-state index in [1.807, 2.05) is 48.5 Å². The van der Waals surface area contributed by atoms with Gasteiger partial charge in [-0.1, -0.05) is 48.5 Å². The number of carbonyl (C=O) groups is 3. The molecule has 7 heteroatoms. The Morgan fingerprint density at radius 3 is 2.07 bits per heavy atom. The lowest BCUT2D eigenvalue weighted by molar-refractivity contribution is -0.142. The third kappa shape index (κ3) is 3.98. The molecule has 0 saturated carbocycles. The fourth-order valence-corrected chi connectivity index (χ4v) is 3.34. The monoisotopic (exact) mass is 382 g/mol. The third-order valence-corrected chi connectivity index (χ3v) is 4.81. The maximum atomic E-state index is 12.2. The predicted octanol–water partition coefficient (Wildman–Crippen LogP) is 2.46. The molecule has 0 bridgehead atoms. The van der Waals surface area contributed by atoms with Crippen molar-refractivity contribution in [3.8, 4) is 11.1 Å². The van der Waals surface area contributed by atoms with Gasteiger partial charge in [-0.05, 0) is 22.3 Å². The number of ether oxygens (including phenoxy) is 1. The van der Waals surface area contributed by atoms with Crippen molar-refractivity contribution in [3.63, 3.8) is 0 Å². The first-order valence-corrected chi connectivity index (χ1v) is 8.93. The van der Waals surface area contributed by atoms with Gasteiger partial charge in [-0.2, -0.15) is 0 Å². The van der Waals surface area contributed by atoms with Gasteiger partial charge in [-0.3, -0.25) is 4.79 Å². The molecule has 0 radical (unpaired) electrons. The first-order chi connectivity index (χ1) is 13.4. The standard InChI is InChI=1S/C21H22N2O5/c1-23(2)19(24)11-18(20(25)26)22-21(27)28-12-17-15-9-5-3-7-13(15)14-8-4-6-10-16(14)17/h3-10,17-18H,11-12H2,1-2H3,(H,22,27)(H,25,26)/t18-/m1/s1. The lowest BCUT2D eigenvalue weighted by Gasteiger charge is -2.18. The molecular weight excluding hydrogens is 360 g/mol. The van der Waals surface area contributed by atoms with Gasteiger partial charge < -0.3 is 20.1 Å². The van der Waals surface area contributed by atoms with Gasteiger partial charge in [0.2, 0.25) is 5.91 Å². The molecule has 2 aromatic rings. The van der Waals surface area contributed by atoms with Crippen LogP contribution >= 0.6 is 0 Å². The molecule has 0 aliphatic heterocycles. The van der Waals surface area contributed by atoms with Crippen LogP contribution in [0.1, 0.15) is 23.5 Å². The van der Waals surface area contributed by atoms with E-state index in [1.165, 1.54) is 19.0 Å². The highest BCUT2D eigenvalue weighted by Gasteiger charge is 2.30. The normalized spacial score (nSPS) is 13.2. The van der Waals surface area contributed by atoms with Gasteiger partial charge in [0.15, 0.2) is 0 Å². The number of carboxylic acid groups (broad SMARTS) is 1. The van der Waals surface area contributed by atoms with Crippen molar-refractivity contribution in [2.75, 3.05) is 20.7 Å². The number of nitrogens with one attached hydrogen (secondary N) is 1. The fraction of sp³-hybridized carbons (Fsp3) is 0.286. The lowest BCUT2D eigenvalue weighted by Crippen LogP contribution is -2.44. The maximum Gasteiger partial charge on any atom is 0.407 e. The van der Waals surface area contributed by atoms with Gasteiger partial charge in [0, 0.05) is 20.0 Å². The number of rotatable bonds is 6. The summed E-state index contributed by atoms with van der Waals surface area (Å²) in [6, 6.07) is 14.5. The number of nitrogens with zero attached hydrogens (tertiary/aromatic N) is 1. The van der Waals surface area contributed by atoms with E-state index >= 15 is 0 Å². The van der Waals surface area contributed by atoms with E-state index in [2.05, 4.69) is 5.32 Å². The summed E-state index contributed by atoms with van der Waals surface area (Å²) in [4.78, 5) is 36.5. The van der Waals surface area contributed by atoms with Crippen LogP contribution in [0, 0.1) is 0 Å². The lowest BCUT2D eigenvalue weighted by atomic mass is 9.98. The second kappa shape index (κ2) is 8.12. The Labute approximate surface area is 162 Å². The van der Waals surface area contributed by atoms with Gasteiger partial charge in [0.05, 0.1) is 6.42 Å². The number of carboxylic acids is 1. The molecule has 1 aliphatic carbocycles. The summed E-state index contributed by atoms with van der Waals surface area (Å²) in [7, 11) is 3.04. The molecule has 2 aromatic carbocycles. The zero-order valence-electron chi connectivity index (χ0n) is 15.7. The summed E-state index contributed by atoms with van der Waals surface area (Å²) < 4.78 is 5.32. The Hall–Kier alpha value is -3.35. The zero-order valence-corrected chi connectivity index (χ0v) is 15.7. The molecule has 2 amide bonds. The first-order valence-electron chi connectivity index (χ1n) is 8.93. The molecule has 0 spiro atoms. The molecule has 0 saturated heterocycles. The van der Waals surface area contributed by atoms with Crippen LogP contribution in [-0.4, -0.2) is 54.7 Å². The molecule has 0 unspecified atom stereocenters. The van der Waals surface area contributed by atoms with Gasteiger partial charge in [0.1, 0.15) is 12.6 Å². The van der Waals surface area contributed by atoms with Crippen molar-refractivity contribution in [1.82, 2.24) is 10.2 Å². The van der Waals surface area contributed by atoms with Crippen molar-refractivity contribution in [3.05, 3.63) is 59.7 Å². The van der Waals surface area contributed by atoms with E-state index in [0.29, 0.717) is 0 Å². The zero-order chi connectivity index (χ0) is 20.3. The Kier molecular flexibility index (Phi) is 5.63. The molecule has 2 N–H and O–H groups in total. The third-order valence-electron chi connectivity index (χ3n) is 4.81. The van der Waals surface area contributed by atoms with Crippen molar-refractivity contribution in [2.24, 2.45) is 0 Å². The fourth-order valence-electron chi connectivity index (χ4n) is 3.34. The highest BCUT2D eigenvalue weighted by atomic mass is 16.5. The van der Waals surface area contributed by atoms with Crippen molar-refractivity contribution < 1.29 is 24.2 Å². The summed E-state index contributed by atoms with van der Waals surface area (Å²) >= 11 is 0. The number of fused-ring (bicyclic) bond motifs is 3. The van der Waals surface area contributed by atoms with E-state index in [9.17, 15) is 19.5 Å². The van der Waals surface area contributed by atoms with Crippen molar-refractivity contribution >= 4 is 18.0 Å². The second-order valence-electron chi connectivity index (χ2n) is 6.85. The van der Waals surface area contributed by atoms with Gasteiger partial charge >= 0.3 is 12.1 Å². The van der Waals surface area contributed by atoms with Gasteiger partial charge in [-0.15, -0.1) is 0 Å². The average Bonchev–Trinajstić information content (AvgIpc) is 2.99. The minimum absolute atomic E-state index is 0.0772. The average molecular weight is 382 g/mol. The molecule has 0 fully saturated rings. The molecular formula is C21H22N2O5. The summed E-state index contributed by atoms with van der Waals surface area (Å²) in [6.07, 6.45) is -1.20. The minimum Gasteiger partial charge on any atom is -0.480 e. The molecule has 7 nitrogen and oxygen atoms in total. The SMILES string of the molecule is CN(C)C(=O)C[C@@H](NC(=O)OCC1c2ccccc2-c2ccccc21)C(=O)O. The quantitative estimate of drug-likeness (QED) is 0.800. The van der Waals surface area contributed by atoms with Crippen LogP contribution in [0.2, 0.25) is 0 Å². The van der Waals surface area contributed by atoms with E-state index in [1.54, 1.807) is 0 Å². The molecule has 0 aromatic heterocycles. The van der Waals surface area contributed by atoms with Crippen LogP contribution in [0.5, 0.6) is 0 Å². The highest BCUT2D eigenvalue weighted by molar-refractivity contribution is 5.87. The predicted molar refractivity (Wildman–Crippen MR) is 103 cm³/mol. The first kappa shape index (κ1) is 19.4. The van der Waals surface area contributed by atoms with E-state index in [4.69, 9.17) is 4.74 Å². The summed E-state index contributed by atoms with van der Waals surface area (Å²) in [5, 5.41) is 11.5. The van der Waals surface area contributed by atoms with E-state index < -0.39 is 24.0 Å². The van der Waals surface area contributed by atoms with Crippen LogP contribution < -0.4 is 5.32 Å². The van der Waals surface area contributed by atoms with Crippen molar-refractivity contribution in [2.45, 2.75) is 18.4 Å². The maximum absolute atomic E-state index is 12.2. The molecule has 3 rings (SSSR count). The van der Waals surface area contributed by atoms with Crippen LogP contribution in [0.3, 0.4) is 0 Å². The molecule has 1 atom stereocenters. The number of aliphatic carboxylic acids is 1. The number of hydrogen-bond acceptors (Lipinski definition) is 4. The van der Waals surface area contributed by atoms with Crippen molar-refractivity contribution in [1.29, 1.82) is 0 Å². The van der Waals surface area contributed by atoms with E-state index in [-0.39, 0.29) is 18.9 Å². The molecule has 0 heterocycles. The molecule has 28 heavy (non-hydrogen) atoms. The van der Waals surface area contributed by atoms with Gasteiger partial charge in [-0.25, -0.2) is 9.59 Å². The summed E-state index contributed by atoms with van der Waals surface area (Å²) in [5.74, 6) is -1.81. The largest absolute Gasteiger partial charge is 0.480 e. The van der Waals surface area contributed by atoms with Crippen LogP contribution in [0.25, 0.3) is 11.1 Å². The summed E-state index contributed by atoms with van der Waals surface area (Å²) in [5.41, 5.74) is 4.34. The van der Waals surface area contributed by atoms with Crippen LogP contribution in [0.15, 0.2) is 48.5 Å². The molecule has 1 aliphatic rings. The number of alkyl carbamates (subject to hydrolysis) is 1. The molecule has 146 valence electrons. The van der Waals surface area contributed by atoms with Gasteiger partial charge in [0.25, 0.3) is 0 Å². The Morgan fingerprint density at radius 1 is 1.04 bits per heavy atom. The Morgan fingerprint density at radius 2 is 1.57 bits per heavy atom. The number of benzene rings is 2. The summed E-state index contributed by atoms with van der Waals surface area (Å²) in [6.45, 7) is 0.0772. The topological polar surface area (TPSA) is 95.9 Å². The number of carbonyl (C=O) groups excluding carboxylic acids is 2. The number of amides is 2.